The first kappa shape index (κ1) is 11.4. The fraction of sp³-hybridized carbons (Fsp3) is 0.333. The second-order valence-electron chi connectivity index (χ2n) is 4.43. The molecule has 0 amide bonds. The monoisotopic (exact) mass is 313 g/mol. The minimum absolute atomic E-state index is 0.410. The molecule has 1 heterocycles. The van der Waals surface area contributed by atoms with Gasteiger partial charge in [0, 0.05) is 17.1 Å². The molecule has 1 aromatic rings. The van der Waals surface area contributed by atoms with E-state index >= 15 is 0 Å². The molecule has 90 valence electrons. The van der Waals surface area contributed by atoms with E-state index in [4.69, 9.17) is 0 Å². The highest BCUT2D eigenvalue weighted by Crippen LogP contribution is 2.37. The van der Waals surface area contributed by atoms with E-state index in [9.17, 15) is 8.42 Å². The zero-order chi connectivity index (χ0) is 12.0. The molecule has 0 atom stereocenters. The zero-order valence-corrected chi connectivity index (χ0v) is 11.5. The maximum absolute atomic E-state index is 12.3. The second kappa shape index (κ2) is 3.93. The van der Waals surface area contributed by atoms with Crippen LogP contribution in [0.3, 0.4) is 0 Å². The lowest BCUT2D eigenvalue weighted by atomic mass is 10.2. The summed E-state index contributed by atoms with van der Waals surface area (Å²) in [6.07, 6.45) is 4.08. The normalized spacial score (nSPS) is 21.1. The molecule has 17 heavy (non-hydrogen) atoms. The number of halogens is 1. The topological polar surface area (TPSA) is 46.2 Å². The SMILES string of the molecule is O=S1(=O)C(CNC2CC2)=Cc2cccc(Br)c21. The van der Waals surface area contributed by atoms with Crippen molar-refractivity contribution in [1.82, 2.24) is 5.32 Å². The largest absolute Gasteiger partial charge is 0.309 e. The Morgan fingerprint density at radius 3 is 2.76 bits per heavy atom. The van der Waals surface area contributed by atoms with E-state index in [0.29, 0.717) is 26.9 Å². The minimum Gasteiger partial charge on any atom is -0.309 e. The highest BCUT2D eigenvalue weighted by atomic mass is 79.9. The van der Waals surface area contributed by atoms with Gasteiger partial charge < -0.3 is 5.32 Å². The number of sulfone groups is 1. The smallest absolute Gasteiger partial charge is 0.205 e. The lowest BCUT2D eigenvalue weighted by molar-refractivity contribution is 0.600. The molecule has 1 aliphatic heterocycles. The van der Waals surface area contributed by atoms with Gasteiger partial charge in [-0.05, 0) is 46.5 Å². The molecule has 2 aliphatic rings. The summed E-state index contributed by atoms with van der Waals surface area (Å²) >= 11 is 3.31. The lowest BCUT2D eigenvalue weighted by Crippen LogP contribution is -2.21. The summed E-state index contributed by atoms with van der Waals surface area (Å²) in [4.78, 5) is 0.888. The van der Waals surface area contributed by atoms with Crippen LogP contribution in [0.15, 0.2) is 32.5 Å². The fourth-order valence-electron chi connectivity index (χ4n) is 1.98. The predicted molar refractivity (Wildman–Crippen MR) is 70.3 cm³/mol. The van der Waals surface area contributed by atoms with Gasteiger partial charge in [-0.15, -0.1) is 0 Å². The average molecular weight is 314 g/mol. The summed E-state index contributed by atoms with van der Waals surface area (Å²) in [6.45, 7) is 0.439. The molecule has 0 bridgehead atoms. The Balaban J connectivity index is 1.96. The Morgan fingerprint density at radius 2 is 2.12 bits per heavy atom. The van der Waals surface area contributed by atoms with E-state index in [2.05, 4.69) is 21.2 Å². The molecule has 0 unspecified atom stereocenters. The second-order valence-corrected chi connectivity index (χ2v) is 7.22. The van der Waals surface area contributed by atoms with Crippen LogP contribution in [0.4, 0.5) is 0 Å². The van der Waals surface area contributed by atoms with E-state index in [1.54, 1.807) is 12.1 Å². The van der Waals surface area contributed by atoms with Crippen molar-refractivity contribution in [3.8, 4) is 0 Å². The zero-order valence-electron chi connectivity index (χ0n) is 9.11. The van der Waals surface area contributed by atoms with Gasteiger partial charge in [-0.3, -0.25) is 0 Å². The minimum atomic E-state index is -3.29. The number of hydrogen-bond acceptors (Lipinski definition) is 3. The number of benzene rings is 1. The van der Waals surface area contributed by atoms with Crippen molar-refractivity contribution < 1.29 is 8.42 Å². The van der Waals surface area contributed by atoms with E-state index in [1.807, 2.05) is 12.1 Å². The summed E-state index contributed by atoms with van der Waals surface area (Å²) in [6, 6.07) is 5.97. The summed E-state index contributed by atoms with van der Waals surface area (Å²) < 4.78 is 25.2. The van der Waals surface area contributed by atoms with Crippen LogP contribution in [0.2, 0.25) is 0 Å². The fourth-order valence-corrected chi connectivity index (χ4v) is 4.58. The summed E-state index contributed by atoms with van der Waals surface area (Å²) in [5.41, 5.74) is 0.784. The van der Waals surface area contributed by atoms with Gasteiger partial charge in [0.15, 0.2) is 0 Å². The lowest BCUT2D eigenvalue weighted by Gasteiger charge is -2.06. The number of rotatable bonds is 3. The molecule has 3 nitrogen and oxygen atoms in total. The van der Waals surface area contributed by atoms with Crippen molar-refractivity contribution in [3.05, 3.63) is 33.1 Å². The van der Waals surface area contributed by atoms with Crippen molar-refractivity contribution in [2.45, 2.75) is 23.8 Å². The van der Waals surface area contributed by atoms with Crippen LogP contribution in [0, 0.1) is 0 Å². The quantitative estimate of drug-likeness (QED) is 0.931. The van der Waals surface area contributed by atoms with Crippen molar-refractivity contribution in [3.63, 3.8) is 0 Å². The van der Waals surface area contributed by atoms with Crippen LogP contribution < -0.4 is 5.32 Å². The molecular weight excluding hydrogens is 302 g/mol. The van der Waals surface area contributed by atoms with Crippen molar-refractivity contribution in [1.29, 1.82) is 0 Å². The number of hydrogen-bond donors (Lipinski definition) is 1. The molecule has 1 aromatic carbocycles. The van der Waals surface area contributed by atoms with Gasteiger partial charge in [0.1, 0.15) is 0 Å². The molecular formula is C12H12BrNO2S. The van der Waals surface area contributed by atoms with Gasteiger partial charge in [0.2, 0.25) is 9.84 Å². The van der Waals surface area contributed by atoms with Crippen LogP contribution in [0.1, 0.15) is 18.4 Å². The average Bonchev–Trinajstić information content (AvgIpc) is 3.03. The Bertz CT molecular complexity index is 603. The van der Waals surface area contributed by atoms with Crippen LogP contribution in [0.5, 0.6) is 0 Å². The third-order valence-corrected chi connectivity index (χ3v) is 5.94. The Labute approximate surface area is 109 Å². The molecule has 5 heteroatoms. The highest BCUT2D eigenvalue weighted by molar-refractivity contribution is 9.10. The summed E-state index contributed by atoms with van der Waals surface area (Å²) in [7, 11) is -3.29. The van der Waals surface area contributed by atoms with Gasteiger partial charge in [-0.2, -0.15) is 0 Å². The van der Waals surface area contributed by atoms with Gasteiger partial charge in [0.25, 0.3) is 0 Å². The first-order chi connectivity index (χ1) is 8.09. The molecule has 1 fully saturated rings. The van der Waals surface area contributed by atoms with Gasteiger partial charge >= 0.3 is 0 Å². The predicted octanol–water partition coefficient (Wildman–Crippen LogP) is 2.33. The molecule has 1 aliphatic carbocycles. The molecule has 1 N–H and O–H groups in total. The van der Waals surface area contributed by atoms with E-state index in [1.165, 1.54) is 0 Å². The van der Waals surface area contributed by atoms with E-state index in [-0.39, 0.29) is 0 Å². The van der Waals surface area contributed by atoms with Gasteiger partial charge in [-0.25, -0.2) is 8.42 Å². The Kier molecular flexibility index (Phi) is 2.65. The highest BCUT2D eigenvalue weighted by Gasteiger charge is 2.32. The molecule has 1 saturated carbocycles. The first-order valence-corrected chi connectivity index (χ1v) is 7.84. The standard InChI is InChI=1S/C12H12BrNO2S/c13-11-3-1-2-8-6-10(7-14-9-4-5-9)17(15,16)12(8)11/h1-3,6,9,14H,4-5,7H2. The first-order valence-electron chi connectivity index (χ1n) is 5.56. The molecule has 0 spiro atoms. The van der Waals surface area contributed by atoms with Crippen molar-refractivity contribution >= 4 is 31.8 Å². The van der Waals surface area contributed by atoms with Crippen molar-refractivity contribution in [2.75, 3.05) is 6.54 Å². The van der Waals surface area contributed by atoms with Crippen LogP contribution in [-0.2, 0) is 9.84 Å². The molecule has 0 aromatic heterocycles. The van der Waals surface area contributed by atoms with Gasteiger partial charge in [-0.1, -0.05) is 12.1 Å². The van der Waals surface area contributed by atoms with Crippen LogP contribution >= 0.6 is 15.9 Å². The third kappa shape index (κ3) is 1.96. The maximum Gasteiger partial charge on any atom is 0.205 e. The van der Waals surface area contributed by atoms with E-state index in [0.717, 1.165) is 18.4 Å². The third-order valence-electron chi connectivity index (χ3n) is 3.07. The Morgan fingerprint density at radius 1 is 1.35 bits per heavy atom. The van der Waals surface area contributed by atoms with Gasteiger partial charge in [0.05, 0.1) is 9.80 Å². The Hall–Kier alpha value is -0.650. The summed E-state index contributed by atoms with van der Waals surface area (Å²) in [5, 5.41) is 3.25. The van der Waals surface area contributed by atoms with E-state index < -0.39 is 9.84 Å². The van der Waals surface area contributed by atoms with Crippen LogP contribution in [-0.4, -0.2) is 21.0 Å². The van der Waals surface area contributed by atoms with Crippen LogP contribution in [0.25, 0.3) is 6.08 Å². The maximum atomic E-state index is 12.3. The summed E-state index contributed by atoms with van der Waals surface area (Å²) in [5.74, 6) is 0. The molecule has 3 rings (SSSR count). The van der Waals surface area contributed by atoms with Crippen molar-refractivity contribution in [2.24, 2.45) is 0 Å². The number of fused-ring (bicyclic) bond motifs is 1. The number of nitrogens with one attached hydrogen (secondary N) is 1. The molecule has 0 saturated heterocycles. The molecule has 0 radical (unpaired) electrons.